The molecule has 1 unspecified atom stereocenters. The van der Waals surface area contributed by atoms with Crippen molar-refractivity contribution < 1.29 is 14.7 Å². The Labute approximate surface area is 217 Å². The van der Waals surface area contributed by atoms with Gasteiger partial charge in [-0.3, -0.25) is 18.9 Å². The van der Waals surface area contributed by atoms with Crippen LogP contribution < -0.4 is 4.90 Å². The zero-order valence-corrected chi connectivity index (χ0v) is 21.4. The first-order valence-electron chi connectivity index (χ1n) is 12.1. The first-order valence-corrected chi connectivity index (χ1v) is 12.9. The fourth-order valence-electron chi connectivity index (χ4n) is 4.93. The number of ketones is 1. The van der Waals surface area contributed by atoms with Crippen molar-refractivity contribution in [2.24, 2.45) is 0 Å². The molecule has 1 N–H and O–H groups in total. The van der Waals surface area contributed by atoms with E-state index in [9.17, 15) is 14.7 Å². The van der Waals surface area contributed by atoms with E-state index in [1.807, 2.05) is 67.6 Å². The highest BCUT2D eigenvalue weighted by Crippen LogP contribution is 2.44. The number of rotatable bonds is 4. The summed E-state index contributed by atoms with van der Waals surface area (Å²) in [6, 6.07) is 18.4. The molecule has 184 valence electrons. The Hall–Kier alpha value is -4.30. The second-order valence-electron chi connectivity index (χ2n) is 9.21. The van der Waals surface area contributed by atoms with Gasteiger partial charge in [-0.1, -0.05) is 54.7 Å². The molecule has 0 radical (unpaired) electrons. The van der Waals surface area contributed by atoms with Crippen molar-refractivity contribution in [3.05, 3.63) is 101 Å². The lowest BCUT2D eigenvalue weighted by Crippen LogP contribution is -2.29. The van der Waals surface area contributed by atoms with Gasteiger partial charge in [-0.25, -0.2) is 9.97 Å². The quantitative estimate of drug-likeness (QED) is 0.190. The summed E-state index contributed by atoms with van der Waals surface area (Å²) in [5, 5.41) is 12.1. The maximum absolute atomic E-state index is 13.6. The van der Waals surface area contributed by atoms with Crippen LogP contribution in [0.15, 0.2) is 72.4 Å². The maximum atomic E-state index is 13.6. The molecule has 1 amide bonds. The first kappa shape index (κ1) is 23.1. The minimum atomic E-state index is -0.832. The molecule has 0 bridgehead atoms. The number of fused-ring (bicyclic) bond motifs is 2. The molecule has 0 spiro atoms. The van der Waals surface area contributed by atoms with E-state index in [1.165, 1.54) is 16.2 Å². The highest BCUT2D eigenvalue weighted by atomic mass is 32.1. The smallest absolute Gasteiger partial charge is 0.301 e. The number of amides is 1. The molecule has 1 saturated heterocycles. The van der Waals surface area contributed by atoms with Gasteiger partial charge in [-0.15, -0.1) is 0 Å². The molecule has 0 aliphatic carbocycles. The number of hydrogen-bond donors (Lipinski definition) is 1. The number of imidazole rings is 1. The van der Waals surface area contributed by atoms with E-state index >= 15 is 0 Å². The number of aromatic nitrogens is 3. The topological polar surface area (TPSA) is 87.8 Å². The number of carbonyl (C=O) groups excluding carboxylic acids is 2. The first-order chi connectivity index (χ1) is 17.9. The van der Waals surface area contributed by atoms with Crippen LogP contribution in [0.1, 0.15) is 41.0 Å². The molecule has 8 heteroatoms. The molecule has 1 aliphatic heterocycles. The van der Waals surface area contributed by atoms with E-state index in [4.69, 9.17) is 4.98 Å². The predicted octanol–water partition coefficient (Wildman–Crippen LogP) is 5.75. The second kappa shape index (κ2) is 8.67. The van der Waals surface area contributed by atoms with Crippen molar-refractivity contribution in [2.45, 2.75) is 33.2 Å². The van der Waals surface area contributed by atoms with Crippen LogP contribution >= 0.6 is 11.3 Å². The van der Waals surface area contributed by atoms with Gasteiger partial charge in [0.15, 0.2) is 10.9 Å². The molecular formula is C29H24N4O3S. The SMILES string of the molecule is CCc1ccc(C2/C(=C(\O)c3c(C)nc4ccccn34)C(=O)C(=O)N2c2nc3ccc(C)cc3s2)cc1. The van der Waals surface area contributed by atoms with Crippen LogP contribution in [-0.2, 0) is 16.0 Å². The van der Waals surface area contributed by atoms with E-state index in [0.29, 0.717) is 22.2 Å². The molecule has 5 aromatic rings. The Kier molecular flexibility index (Phi) is 5.42. The molecule has 37 heavy (non-hydrogen) atoms. The molecule has 1 atom stereocenters. The lowest BCUT2D eigenvalue weighted by molar-refractivity contribution is -0.132. The monoisotopic (exact) mass is 508 g/mol. The van der Waals surface area contributed by atoms with Crippen molar-refractivity contribution in [1.29, 1.82) is 0 Å². The Morgan fingerprint density at radius 3 is 2.57 bits per heavy atom. The highest BCUT2D eigenvalue weighted by Gasteiger charge is 2.48. The summed E-state index contributed by atoms with van der Waals surface area (Å²) < 4.78 is 2.66. The summed E-state index contributed by atoms with van der Waals surface area (Å²) >= 11 is 1.36. The molecular weight excluding hydrogens is 484 g/mol. The zero-order valence-electron chi connectivity index (χ0n) is 20.6. The average molecular weight is 509 g/mol. The van der Waals surface area contributed by atoms with Gasteiger partial charge in [0.1, 0.15) is 11.3 Å². The Bertz CT molecular complexity index is 1750. The van der Waals surface area contributed by atoms with Gasteiger partial charge < -0.3 is 5.11 Å². The van der Waals surface area contributed by atoms with Gasteiger partial charge in [-0.05, 0) is 61.2 Å². The van der Waals surface area contributed by atoms with Crippen LogP contribution in [0.25, 0.3) is 21.6 Å². The van der Waals surface area contributed by atoms with Crippen LogP contribution in [0, 0.1) is 13.8 Å². The third kappa shape index (κ3) is 3.64. The predicted molar refractivity (Wildman–Crippen MR) is 145 cm³/mol. The Morgan fingerprint density at radius 2 is 1.81 bits per heavy atom. The molecule has 0 saturated carbocycles. The molecule has 2 aromatic carbocycles. The number of aliphatic hydroxyl groups is 1. The van der Waals surface area contributed by atoms with E-state index in [2.05, 4.69) is 11.9 Å². The number of thiazole rings is 1. The minimum Gasteiger partial charge on any atom is -0.505 e. The van der Waals surface area contributed by atoms with E-state index < -0.39 is 17.7 Å². The van der Waals surface area contributed by atoms with Gasteiger partial charge >= 0.3 is 5.91 Å². The highest BCUT2D eigenvalue weighted by molar-refractivity contribution is 7.22. The van der Waals surface area contributed by atoms with Gasteiger partial charge in [0.05, 0.1) is 27.5 Å². The molecule has 3 aromatic heterocycles. The maximum Gasteiger partial charge on any atom is 0.301 e. The summed E-state index contributed by atoms with van der Waals surface area (Å²) in [7, 11) is 0. The second-order valence-corrected chi connectivity index (χ2v) is 10.2. The molecule has 1 aliphatic rings. The lowest BCUT2D eigenvalue weighted by Gasteiger charge is -2.23. The average Bonchev–Trinajstić information content (AvgIpc) is 3.54. The number of aryl methyl sites for hydroxylation is 3. The normalized spacial score (nSPS) is 17.4. The number of pyridine rings is 1. The van der Waals surface area contributed by atoms with Crippen LogP contribution in [0.2, 0.25) is 0 Å². The lowest BCUT2D eigenvalue weighted by atomic mass is 9.95. The van der Waals surface area contributed by atoms with E-state index in [0.717, 1.165) is 33.3 Å². The van der Waals surface area contributed by atoms with Crippen LogP contribution in [-0.4, -0.2) is 31.2 Å². The van der Waals surface area contributed by atoms with Crippen molar-refractivity contribution in [2.75, 3.05) is 4.90 Å². The van der Waals surface area contributed by atoms with E-state index in [1.54, 1.807) is 17.5 Å². The van der Waals surface area contributed by atoms with Crippen LogP contribution in [0.3, 0.4) is 0 Å². The Morgan fingerprint density at radius 1 is 1.03 bits per heavy atom. The van der Waals surface area contributed by atoms with Gasteiger partial charge in [0.2, 0.25) is 0 Å². The summed E-state index contributed by atoms with van der Waals surface area (Å²) in [6.45, 7) is 5.84. The summed E-state index contributed by atoms with van der Waals surface area (Å²) in [5.41, 5.74) is 5.31. The van der Waals surface area contributed by atoms with Gasteiger partial charge in [-0.2, -0.15) is 0 Å². The third-order valence-corrected chi connectivity index (χ3v) is 7.83. The molecule has 1 fully saturated rings. The summed E-state index contributed by atoms with van der Waals surface area (Å²) in [4.78, 5) is 37.8. The number of carbonyl (C=O) groups is 2. The third-order valence-electron chi connectivity index (χ3n) is 6.82. The number of anilines is 1. The summed E-state index contributed by atoms with van der Waals surface area (Å²) in [5.74, 6) is -1.71. The standard InChI is InChI=1S/C29H24N4O3S/c1-4-18-9-11-19(12-10-18)25-23(26(34)24-17(3)30-22-7-5-6-14-32(22)24)27(35)28(36)33(25)29-31-20-13-8-16(2)15-21(20)37-29/h5-15,25,34H,4H2,1-3H3/b26-23+. The van der Waals surface area contributed by atoms with Crippen molar-refractivity contribution in [3.8, 4) is 0 Å². The number of nitrogens with zero attached hydrogens (tertiary/aromatic N) is 4. The zero-order chi connectivity index (χ0) is 25.8. The van der Waals surface area contributed by atoms with Crippen molar-refractivity contribution in [1.82, 2.24) is 14.4 Å². The molecule has 6 rings (SSSR count). The Balaban J connectivity index is 1.60. The number of Topliss-reactive ketones (excluding diaryl/α,β-unsaturated/α-hetero) is 1. The van der Waals surface area contributed by atoms with Crippen molar-refractivity contribution in [3.63, 3.8) is 0 Å². The number of aliphatic hydroxyl groups excluding tert-OH is 1. The minimum absolute atomic E-state index is 0.0263. The molecule has 4 heterocycles. The summed E-state index contributed by atoms with van der Waals surface area (Å²) in [6.07, 6.45) is 2.64. The van der Waals surface area contributed by atoms with Gasteiger partial charge in [0.25, 0.3) is 5.78 Å². The fourth-order valence-corrected chi connectivity index (χ4v) is 6.02. The molecule has 7 nitrogen and oxygen atoms in total. The van der Waals surface area contributed by atoms with Crippen LogP contribution in [0.5, 0.6) is 0 Å². The fraction of sp³-hybridized carbons (Fsp3) is 0.172. The number of hydrogen-bond acceptors (Lipinski definition) is 6. The van der Waals surface area contributed by atoms with Gasteiger partial charge in [0, 0.05) is 6.20 Å². The largest absolute Gasteiger partial charge is 0.505 e. The van der Waals surface area contributed by atoms with E-state index in [-0.39, 0.29) is 11.3 Å². The van der Waals surface area contributed by atoms with Crippen LogP contribution in [0.4, 0.5) is 5.13 Å². The number of benzene rings is 2. The van der Waals surface area contributed by atoms with Crippen molar-refractivity contribution >= 4 is 49.8 Å².